The molecule has 0 N–H and O–H groups in total. The summed E-state index contributed by atoms with van der Waals surface area (Å²) in [5, 5.41) is 0. The van der Waals surface area contributed by atoms with Crippen LogP contribution in [0, 0.1) is 0 Å². The maximum atomic E-state index is 13.2. The molecule has 4 atom stereocenters. The van der Waals surface area contributed by atoms with Crippen molar-refractivity contribution in [1.29, 1.82) is 0 Å². The minimum Gasteiger partial charge on any atom is -0.493 e. The lowest BCUT2D eigenvalue weighted by Gasteiger charge is -2.46. The molecule has 2 aliphatic heterocycles. The number of methoxy groups -OCH3 is 8. The van der Waals surface area contributed by atoms with E-state index >= 15 is 0 Å². The molecule has 0 aliphatic carbocycles. The lowest BCUT2D eigenvalue weighted by atomic mass is 9.83. The summed E-state index contributed by atoms with van der Waals surface area (Å²) in [6.45, 7) is 4.34. The highest BCUT2D eigenvalue weighted by Gasteiger charge is 2.41. The van der Waals surface area contributed by atoms with Crippen LogP contribution >= 0.6 is 0 Å². The predicted molar refractivity (Wildman–Crippen MR) is 255 cm³/mol. The van der Waals surface area contributed by atoms with Crippen LogP contribution < -0.4 is 37.9 Å². The highest BCUT2D eigenvalue weighted by atomic mass is 16.5. The van der Waals surface area contributed by atoms with Crippen LogP contribution in [0.15, 0.2) is 60.7 Å². The molecule has 0 amide bonds. The van der Waals surface area contributed by atoms with Crippen molar-refractivity contribution in [2.75, 3.05) is 110 Å². The van der Waals surface area contributed by atoms with E-state index in [4.69, 9.17) is 47.4 Å². The second-order valence-corrected chi connectivity index (χ2v) is 18.2. The number of carbonyl (C=O) groups is 2. The summed E-state index contributed by atoms with van der Waals surface area (Å²) >= 11 is 0. The van der Waals surface area contributed by atoms with Gasteiger partial charge in [0.05, 0.1) is 123 Å². The zero-order chi connectivity index (χ0) is 48.1. The number of benzene rings is 4. The third-order valence-electron chi connectivity index (χ3n) is 13.8. The Labute approximate surface area is 397 Å². The largest absolute Gasteiger partial charge is 0.493 e. The summed E-state index contributed by atoms with van der Waals surface area (Å²) in [4.78, 5) is 26.3. The van der Waals surface area contributed by atoms with E-state index in [-0.39, 0.29) is 23.9 Å². The average Bonchev–Trinajstić information content (AvgIpc) is 3.34. The van der Waals surface area contributed by atoms with Crippen LogP contribution in [0.3, 0.4) is 0 Å². The van der Waals surface area contributed by atoms with Gasteiger partial charge in [0.15, 0.2) is 46.0 Å². The van der Waals surface area contributed by atoms with Crippen LogP contribution in [0.2, 0.25) is 0 Å². The van der Waals surface area contributed by atoms with Gasteiger partial charge in [-0.05, 0) is 96.5 Å². The Morgan fingerprint density at radius 2 is 0.985 bits per heavy atom. The van der Waals surface area contributed by atoms with Gasteiger partial charge in [-0.15, -0.1) is 0 Å². The molecule has 2 aliphatic rings. The monoisotopic (exact) mass is 929 g/mol. The van der Waals surface area contributed by atoms with E-state index in [1.807, 2.05) is 24.3 Å². The Hall–Kier alpha value is -5.86. The molecule has 2 heterocycles. The molecule has 67 heavy (non-hydrogen) atoms. The fraction of sp³-hybridized carbons (Fsp3) is 0.509. The van der Waals surface area contributed by atoms with Gasteiger partial charge in [-0.3, -0.25) is 9.59 Å². The smallest absolute Gasteiger partial charge is 0.311 e. The molecule has 0 radical (unpaired) electrons. The van der Waals surface area contributed by atoms with Gasteiger partial charge >= 0.3 is 11.9 Å². The zero-order valence-electron chi connectivity index (χ0n) is 41.3. The number of hydrogen-bond acceptors (Lipinski definition) is 12. The summed E-state index contributed by atoms with van der Waals surface area (Å²) < 4.78 is 57.8. The lowest BCUT2D eigenvalue weighted by molar-refractivity contribution is -0.940. The van der Waals surface area contributed by atoms with Crippen LogP contribution in [-0.2, 0) is 44.9 Å². The second kappa shape index (κ2) is 23.2. The highest BCUT2D eigenvalue weighted by Crippen LogP contribution is 2.44. The molecule has 0 spiro atoms. The molecular formula is C53H72N2O12+2. The molecule has 14 nitrogen and oxygen atoms in total. The first-order valence-corrected chi connectivity index (χ1v) is 23.2. The molecule has 4 aromatic carbocycles. The first kappa shape index (κ1) is 50.6. The van der Waals surface area contributed by atoms with Crippen LogP contribution in [0.25, 0.3) is 0 Å². The van der Waals surface area contributed by atoms with Crippen molar-refractivity contribution in [2.24, 2.45) is 0 Å². The van der Waals surface area contributed by atoms with Gasteiger partial charge in [0.2, 0.25) is 0 Å². The van der Waals surface area contributed by atoms with Gasteiger partial charge in [-0.25, -0.2) is 0 Å². The summed E-state index contributed by atoms with van der Waals surface area (Å²) in [6, 6.07) is 20.5. The number of likely N-dealkylation sites (N-methyl/N-ethyl adjacent to an activating group) is 2. The van der Waals surface area contributed by atoms with Crippen molar-refractivity contribution in [3.05, 3.63) is 94.0 Å². The number of rotatable bonds is 24. The molecular weight excluding hydrogens is 857 g/mol. The summed E-state index contributed by atoms with van der Waals surface area (Å²) in [7, 11) is 17.6. The number of ether oxygens (including phenoxy) is 10. The van der Waals surface area contributed by atoms with E-state index in [0.29, 0.717) is 107 Å². The fourth-order valence-corrected chi connectivity index (χ4v) is 9.96. The Balaban J connectivity index is 0.970. The van der Waals surface area contributed by atoms with Crippen molar-refractivity contribution in [3.63, 3.8) is 0 Å². The van der Waals surface area contributed by atoms with Gasteiger partial charge in [0.25, 0.3) is 0 Å². The lowest BCUT2D eigenvalue weighted by Crippen LogP contribution is -2.53. The Kier molecular flexibility index (Phi) is 17.5. The second-order valence-electron chi connectivity index (χ2n) is 18.2. The van der Waals surface area contributed by atoms with E-state index in [9.17, 15) is 9.59 Å². The molecule has 0 saturated heterocycles. The molecule has 364 valence electrons. The number of esters is 2. The van der Waals surface area contributed by atoms with E-state index in [1.54, 1.807) is 56.9 Å². The number of quaternary nitrogens is 2. The maximum absolute atomic E-state index is 13.2. The number of hydrogen-bond donors (Lipinski definition) is 0. The van der Waals surface area contributed by atoms with Crippen LogP contribution in [0.5, 0.6) is 46.0 Å². The number of nitrogens with zero attached hydrogens (tertiary/aromatic N) is 2. The number of fused-ring (bicyclic) bond motifs is 2. The molecule has 4 aromatic rings. The van der Waals surface area contributed by atoms with Crippen molar-refractivity contribution in [2.45, 2.75) is 69.9 Å². The Morgan fingerprint density at radius 3 is 1.52 bits per heavy atom. The molecule has 2 unspecified atom stereocenters. The van der Waals surface area contributed by atoms with Crippen molar-refractivity contribution in [3.8, 4) is 46.0 Å². The summed E-state index contributed by atoms with van der Waals surface area (Å²) in [6.07, 6.45) is 5.10. The molecule has 14 heteroatoms. The Morgan fingerprint density at radius 1 is 0.522 bits per heavy atom. The zero-order valence-corrected chi connectivity index (χ0v) is 41.3. The molecule has 0 aromatic heterocycles. The van der Waals surface area contributed by atoms with Gasteiger partial charge in [0.1, 0.15) is 12.6 Å². The summed E-state index contributed by atoms with van der Waals surface area (Å²) in [5.74, 6) is 5.25. The normalized spacial score (nSPS) is 19.6. The summed E-state index contributed by atoms with van der Waals surface area (Å²) in [5.41, 5.74) is 7.03. The van der Waals surface area contributed by atoms with Gasteiger partial charge < -0.3 is 56.3 Å². The van der Waals surface area contributed by atoms with E-state index < -0.39 is 0 Å². The van der Waals surface area contributed by atoms with Crippen molar-refractivity contribution < 1.29 is 65.9 Å². The predicted octanol–water partition coefficient (Wildman–Crippen LogP) is 8.07. The first-order chi connectivity index (χ1) is 32.3. The maximum Gasteiger partial charge on any atom is 0.311 e. The molecule has 0 fully saturated rings. The minimum absolute atomic E-state index is 0.0409. The quantitative estimate of drug-likeness (QED) is 0.0383. The molecule has 0 saturated carbocycles. The van der Waals surface area contributed by atoms with E-state index in [2.05, 4.69) is 50.5 Å². The van der Waals surface area contributed by atoms with Gasteiger partial charge in [-0.2, -0.15) is 0 Å². The third kappa shape index (κ3) is 12.4. The van der Waals surface area contributed by atoms with Crippen LogP contribution in [-0.4, -0.2) is 131 Å². The van der Waals surface area contributed by atoms with Crippen LogP contribution in [0.4, 0.5) is 0 Å². The SMILES string of the molecule is COc1ccc(C[C@@H]2C[N+](C)(CCC(=O)OCCCCCOC(=O)CC[N+]3(C)CCc4cc(OC)c(OC)cc4[C@@H]3Cc3ccc(OC)c(OC)c3)Cc3cc(OC)c(OC)cc32)cc1OC. The molecule has 0 bridgehead atoms. The standard InChI is InChI=1S/C53H72N2O12/c1-54(34-39(26-36-14-16-44(58-3)46(28-36)60-5)41-32-50(64-9)49(63-8)31-40(41)35-54)21-19-52(56)66-24-12-11-13-25-67-53(57)20-23-55(2)22-18-38-30-48(62-7)51(65-10)33-42(38)43(55)27-37-15-17-45(59-4)47(29-37)61-6/h14-17,28-33,39,43H,11-13,18-27,34-35H2,1-10H3/q+2/t39-,43+,54?,55?/m1/s1. The first-order valence-electron chi connectivity index (χ1n) is 23.2. The van der Waals surface area contributed by atoms with Gasteiger partial charge in [0, 0.05) is 29.9 Å². The van der Waals surface area contributed by atoms with E-state index in [0.717, 1.165) is 56.4 Å². The van der Waals surface area contributed by atoms with Crippen LogP contribution in [0.1, 0.15) is 77.4 Å². The topological polar surface area (TPSA) is 126 Å². The number of carbonyl (C=O) groups excluding carboxylic acids is 2. The van der Waals surface area contributed by atoms with E-state index in [1.165, 1.54) is 22.3 Å². The average molecular weight is 929 g/mol. The van der Waals surface area contributed by atoms with Crippen molar-refractivity contribution >= 4 is 11.9 Å². The minimum atomic E-state index is -0.214. The number of unbranched alkanes of at least 4 members (excludes halogenated alkanes) is 2. The van der Waals surface area contributed by atoms with Gasteiger partial charge in [-0.1, -0.05) is 12.1 Å². The third-order valence-corrected chi connectivity index (χ3v) is 13.8. The van der Waals surface area contributed by atoms with Crippen molar-refractivity contribution in [1.82, 2.24) is 0 Å². The highest BCUT2D eigenvalue weighted by molar-refractivity contribution is 5.69. The molecule has 6 rings (SSSR count). The fourth-order valence-electron chi connectivity index (χ4n) is 9.96. The Bertz CT molecular complexity index is 2320.